The SMILES string of the molecule is C[C@H](Sc1ccc(C(C)(C)C)cc1)C(=O)NC(C)(C)C. The summed E-state index contributed by atoms with van der Waals surface area (Å²) in [5.74, 6) is 0.0856. The molecule has 0 saturated heterocycles. The first-order valence-electron chi connectivity index (χ1n) is 7.08. The molecule has 0 aliphatic carbocycles. The average Bonchev–Trinajstić information content (AvgIpc) is 2.26. The molecule has 0 heterocycles. The quantitative estimate of drug-likeness (QED) is 0.838. The normalized spacial score (nSPS) is 13.9. The number of thioether (sulfide) groups is 1. The van der Waals surface area contributed by atoms with Crippen LogP contribution in [-0.4, -0.2) is 16.7 Å². The van der Waals surface area contributed by atoms with Crippen LogP contribution in [0.2, 0.25) is 0 Å². The Bertz CT molecular complexity index is 451. The molecule has 1 N–H and O–H groups in total. The van der Waals surface area contributed by atoms with Gasteiger partial charge in [0.2, 0.25) is 5.91 Å². The van der Waals surface area contributed by atoms with E-state index in [2.05, 4.69) is 50.4 Å². The zero-order valence-electron chi connectivity index (χ0n) is 13.7. The molecule has 0 aliphatic rings. The third kappa shape index (κ3) is 5.58. The Morgan fingerprint density at radius 2 is 1.55 bits per heavy atom. The van der Waals surface area contributed by atoms with E-state index < -0.39 is 0 Å². The molecule has 0 spiro atoms. The molecule has 0 aromatic heterocycles. The maximum atomic E-state index is 12.1. The molecular weight excluding hydrogens is 266 g/mol. The van der Waals surface area contributed by atoms with Crippen molar-refractivity contribution in [2.45, 2.75) is 69.6 Å². The Labute approximate surface area is 127 Å². The predicted molar refractivity (Wildman–Crippen MR) is 88.4 cm³/mol. The van der Waals surface area contributed by atoms with Crippen molar-refractivity contribution in [2.75, 3.05) is 0 Å². The van der Waals surface area contributed by atoms with Crippen molar-refractivity contribution in [1.29, 1.82) is 0 Å². The standard InChI is InChI=1S/C17H27NOS/c1-12(15(19)18-17(5,6)7)20-14-10-8-13(9-11-14)16(2,3)4/h8-12H,1-7H3,(H,18,19)/t12-/m0/s1. The van der Waals surface area contributed by atoms with E-state index in [4.69, 9.17) is 0 Å². The minimum Gasteiger partial charge on any atom is -0.351 e. The molecular formula is C17H27NOS. The predicted octanol–water partition coefficient (Wildman–Crippen LogP) is 4.38. The van der Waals surface area contributed by atoms with E-state index in [-0.39, 0.29) is 22.1 Å². The number of rotatable bonds is 3. The summed E-state index contributed by atoms with van der Waals surface area (Å²) >= 11 is 1.60. The maximum absolute atomic E-state index is 12.1. The monoisotopic (exact) mass is 293 g/mol. The summed E-state index contributed by atoms with van der Waals surface area (Å²) in [7, 11) is 0. The van der Waals surface area contributed by atoms with Crippen LogP contribution in [0.3, 0.4) is 0 Å². The molecule has 0 fully saturated rings. The van der Waals surface area contributed by atoms with Crippen molar-refractivity contribution in [3.05, 3.63) is 29.8 Å². The lowest BCUT2D eigenvalue weighted by Gasteiger charge is -2.23. The summed E-state index contributed by atoms with van der Waals surface area (Å²) in [6.45, 7) is 14.6. The van der Waals surface area contributed by atoms with Crippen molar-refractivity contribution in [2.24, 2.45) is 0 Å². The van der Waals surface area contributed by atoms with Crippen molar-refractivity contribution in [1.82, 2.24) is 5.32 Å². The highest BCUT2D eigenvalue weighted by atomic mass is 32.2. The molecule has 3 heteroatoms. The second kappa shape index (κ2) is 6.21. The molecule has 2 nitrogen and oxygen atoms in total. The van der Waals surface area contributed by atoms with Gasteiger partial charge in [-0.1, -0.05) is 32.9 Å². The van der Waals surface area contributed by atoms with E-state index in [9.17, 15) is 4.79 Å². The molecule has 1 amide bonds. The van der Waals surface area contributed by atoms with Crippen LogP contribution >= 0.6 is 11.8 Å². The fraction of sp³-hybridized carbons (Fsp3) is 0.588. The Balaban J connectivity index is 2.67. The number of amides is 1. The van der Waals surface area contributed by atoms with Gasteiger partial charge in [-0.3, -0.25) is 4.79 Å². The highest BCUT2D eigenvalue weighted by Crippen LogP contribution is 2.28. The highest BCUT2D eigenvalue weighted by molar-refractivity contribution is 8.00. The van der Waals surface area contributed by atoms with E-state index in [1.54, 1.807) is 11.8 Å². The zero-order valence-corrected chi connectivity index (χ0v) is 14.5. The van der Waals surface area contributed by atoms with Crippen molar-refractivity contribution < 1.29 is 4.79 Å². The molecule has 1 rings (SSSR count). The zero-order chi connectivity index (χ0) is 15.6. The van der Waals surface area contributed by atoms with Crippen LogP contribution in [0.25, 0.3) is 0 Å². The summed E-state index contributed by atoms with van der Waals surface area (Å²) in [4.78, 5) is 13.2. The number of carbonyl (C=O) groups excluding carboxylic acids is 1. The van der Waals surface area contributed by atoms with E-state index in [0.717, 1.165) is 4.90 Å². The van der Waals surface area contributed by atoms with Gasteiger partial charge in [0.25, 0.3) is 0 Å². The molecule has 1 aromatic rings. The van der Waals surface area contributed by atoms with Gasteiger partial charge in [-0.05, 0) is 50.8 Å². The minimum atomic E-state index is -0.179. The number of carbonyl (C=O) groups is 1. The molecule has 20 heavy (non-hydrogen) atoms. The molecule has 1 aromatic carbocycles. The number of nitrogens with one attached hydrogen (secondary N) is 1. The van der Waals surface area contributed by atoms with Crippen LogP contribution in [-0.2, 0) is 10.2 Å². The molecule has 112 valence electrons. The van der Waals surface area contributed by atoms with Gasteiger partial charge < -0.3 is 5.32 Å². The van der Waals surface area contributed by atoms with E-state index >= 15 is 0 Å². The number of hydrogen-bond acceptors (Lipinski definition) is 2. The smallest absolute Gasteiger partial charge is 0.233 e. The summed E-state index contributed by atoms with van der Waals surface area (Å²) in [6, 6.07) is 8.51. The minimum absolute atomic E-state index is 0.0856. The number of hydrogen-bond donors (Lipinski definition) is 1. The highest BCUT2D eigenvalue weighted by Gasteiger charge is 2.20. The van der Waals surface area contributed by atoms with Gasteiger partial charge in [0.1, 0.15) is 0 Å². The van der Waals surface area contributed by atoms with Crippen LogP contribution in [0, 0.1) is 0 Å². The van der Waals surface area contributed by atoms with Gasteiger partial charge in [-0.15, -0.1) is 11.8 Å². The van der Waals surface area contributed by atoms with Crippen LogP contribution in [0.5, 0.6) is 0 Å². The Morgan fingerprint density at radius 1 is 1.05 bits per heavy atom. The lowest BCUT2D eigenvalue weighted by atomic mass is 9.87. The summed E-state index contributed by atoms with van der Waals surface area (Å²) in [6.07, 6.45) is 0. The lowest BCUT2D eigenvalue weighted by Crippen LogP contribution is -2.44. The van der Waals surface area contributed by atoms with Gasteiger partial charge in [0, 0.05) is 10.4 Å². The summed E-state index contributed by atoms with van der Waals surface area (Å²) in [5.41, 5.74) is 1.30. The van der Waals surface area contributed by atoms with Crippen LogP contribution in [0.1, 0.15) is 54.0 Å². The molecule has 1 atom stereocenters. The van der Waals surface area contributed by atoms with Crippen LogP contribution < -0.4 is 5.32 Å². The molecule has 0 radical (unpaired) electrons. The second-order valence-electron chi connectivity index (χ2n) is 7.27. The van der Waals surface area contributed by atoms with Crippen molar-refractivity contribution in [3.63, 3.8) is 0 Å². The van der Waals surface area contributed by atoms with Gasteiger partial charge >= 0.3 is 0 Å². The average molecular weight is 293 g/mol. The van der Waals surface area contributed by atoms with Crippen LogP contribution in [0.15, 0.2) is 29.2 Å². The summed E-state index contributed by atoms with van der Waals surface area (Å²) < 4.78 is 0. The van der Waals surface area contributed by atoms with Crippen molar-refractivity contribution in [3.8, 4) is 0 Å². The van der Waals surface area contributed by atoms with Gasteiger partial charge in [-0.25, -0.2) is 0 Å². The number of benzene rings is 1. The first-order valence-corrected chi connectivity index (χ1v) is 7.96. The van der Waals surface area contributed by atoms with Crippen LogP contribution in [0.4, 0.5) is 0 Å². The lowest BCUT2D eigenvalue weighted by molar-refractivity contribution is -0.121. The Kier molecular flexibility index (Phi) is 5.31. The van der Waals surface area contributed by atoms with E-state index in [1.807, 2.05) is 27.7 Å². The third-order valence-corrected chi connectivity index (χ3v) is 4.01. The topological polar surface area (TPSA) is 29.1 Å². The van der Waals surface area contributed by atoms with Gasteiger partial charge in [0.15, 0.2) is 0 Å². The first kappa shape index (κ1) is 17.1. The molecule has 0 aliphatic heterocycles. The second-order valence-corrected chi connectivity index (χ2v) is 8.69. The molecule has 0 unspecified atom stereocenters. The fourth-order valence-electron chi connectivity index (χ4n) is 1.76. The van der Waals surface area contributed by atoms with Crippen molar-refractivity contribution >= 4 is 17.7 Å². The Morgan fingerprint density at radius 3 is 1.95 bits per heavy atom. The van der Waals surface area contributed by atoms with E-state index in [1.165, 1.54) is 5.56 Å². The Hall–Kier alpha value is -0.960. The first-order chi connectivity index (χ1) is 8.99. The fourth-order valence-corrected chi connectivity index (χ4v) is 2.63. The van der Waals surface area contributed by atoms with Gasteiger partial charge in [0.05, 0.1) is 5.25 Å². The maximum Gasteiger partial charge on any atom is 0.233 e. The van der Waals surface area contributed by atoms with Gasteiger partial charge in [-0.2, -0.15) is 0 Å². The van der Waals surface area contributed by atoms with E-state index in [0.29, 0.717) is 0 Å². The molecule has 0 bridgehead atoms. The molecule has 0 saturated carbocycles. The largest absolute Gasteiger partial charge is 0.351 e. The third-order valence-electron chi connectivity index (χ3n) is 2.90. The summed E-state index contributed by atoms with van der Waals surface area (Å²) in [5, 5.41) is 2.93.